The van der Waals surface area contributed by atoms with Gasteiger partial charge in [-0.05, 0) is 27.2 Å². The number of rotatable bonds is 12. The second-order valence-corrected chi connectivity index (χ2v) is 6.18. The van der Waals surface area contributed by atoms with Crippen molar-refractivity contribution < 1.29 is 9.53 Å². The molecule has 20 heavy (non-hydrogen) atoms. The third-order valence-corrected chi connectivity index (χ3v) is 3.46. The molecule has 0 radical (unpaired) electrons. The van der Waals surface area contributed by atoms with Gasteiger partial charge >= 0.3 is 5.97 Å². The van der Waals surface area contributed by atoms with Crippen molar-refractivity contribution in [1.82, 2.24) is 5.32 Å². The summed E-state index contributed by atoms with van der Waals surface area (Å²) in [5, 5.41) is 3.34. The first-order valence-corrected chi connectivity index (χ1v) is 8.02. The molecule has 3 heteroatoms. The highest BCUT2D eigenvalue weighted by atomic mass is 16.6. The zero-order valence-corrected chi connectivity index (χ0v) is 13.8. The molecular formula is C17H33NO2. The summed E-state index contributed by atoms with van der Waals surface area (Å²) in [6.45, 7) is 11.8. The Hall–Kier alpha value is -0.830. The van der Waals surface area contributed by atoms with Crippen molar-refractivity contribution in [1.29, 1.82) is 0 Å². The number of esters is 1. The fourth-order valence-corrected chi connectivity index (χ4v) is 2.40. The fraction of sp³-hybridized carbons (Fsp3) is 0.824. The van der Waals surface area contributed by atoms with Crippen molar-refractivity contribution in [3.8, 4) is 0 Å². The quantitative estimate of drug-likeness (QED) is 0.247. The molecule has 0 bridgehead atoms. The van der Waals surface area contributed by atoms with Crippen molar-refractivity contribution in [2.24, 2.45) is 0 Å². The standard InChI is InChI=1S/C17H33NO2/c1-6-8-9-10-11-12-13-14-17(4,5)18-15(3)20-16(19)7-2/h7,15,18H,2,6,8-14H2,1,3-5H3. The summed E-state index contributed by atoms with van der Waals surface area (Å²) in [5.74, 6) is -0.378. The van der Waals surface area contributed by atoms with Crippen LogP contribution in [-0.2, 0) is 9.53 Å². The van der Waals surface area contributed by atoms with Crippen molar-refractivity contribution in [3.05, 3.63) is 12.7 Å². The molecule has 0 aliphatic carbocycles. The van der Waals surface area contributed by atoms with Gasteiger partial charge in [0.2, 0.25) is 0 Å². The minimum Gasteiger partial charge on any atom is -0.444 e. The maximum Gasteiger partial charge on any atom is 0.331 e. The first-order chi connectivity index (χ1) is 9.41. The van der Waals surface area contributed by atoms with E-state index in [1.165, 1.54) is 51.0 Å². The van der Waals surface area contributed by atoms with Crippen molar-refractivity contribution >= 4 is 5.97 Å². The highest BCUT2D eigenvalue weighted by Gasteiger charge is 2.20. The van der Waals surface area contributed by atoms with Crippen LogP contribution in [0.25, 0.3) is 0 Å². The van der Waals surface area contributed by atoms with E-state index in [0.717, 1.165) is 6.42 Å². The van der Waals surface area contributed by atoms with Gasteiger partial charge in [-0.15, -0.1) is 0 Å². The van der Waals surface area contributed by atoms with Gasteiger partial charge in [0.05, 0.1) is 0 Å². The Morgan fingerprint density at radius 2 is 1.75 bits per heavy atom. The molecule has 0 spiro atoms. The van der Waals surface area contributed by atoms with Gasteiger partial charge in [0.1, 0.15) is 0 Å². The van der Waals surface area contributed by atoms with Gasteiger partial charge in [-0.2, -0.15) is 0 Å². The lowest BCUT2D eigenvalue weighted by atomic mass is 9.96. The van der Waals surface area contributed by atoms with E-state index in [2.05, 4.69) is 32.7 Å². The van der Waals surface area contributed by atoms with E-state index < -0.39 is 0 Å². The molecule has 0 aromatic heterocycles. The van der Waals surface area contributed by atoms with Crippen LogP contribution in [0.3, 0.4) is 0 Å². The lowest BCUT2D eigenvalue weighted by Crippen LogP contribution is -2.46. The average Bonchev–Trinajstić information content (AvgIpc) is 2.36. The predicted octanol–water partition coefficient (Wildman–Crippen LogP) is 4.57. The Balaban J connectivity index is 3.72. The van der Waals surface area contributed by atoms with Crippen LogP contribution in [0.15, 0.2) is 12.7 Å². The van der Waals surface area contributed by atoms with Crippen LogP contribution in [0.5, 0.6) is 0 Å². The maximum absolute atomic E-state index is 11.1. The first-order valence-electron chi connectivity index (χ1n) is 8.02. The predicted molar refractivity (Wildman–Crippen MR) is 85.6 cm³/mol. The molecule has 0 aromatic rings. The molecule has 0 saturated carbocycles. The van der Waals surface area contributed by atoms with Gasteiger partial charge in [-0.3, -0.25) is 5.32 Å². The molecule has 3 nitrogen and oxygen atoms in total. The fourth-order valence-electron chi connectivity index (χ4n) is 2.40. The Bertz CT molecular complexity index is 274. The lowest BCUT2D eigenvalue weighted by molar-refractivity contribution is -0.144. The first kappa shape index (κ1) is 19.2. The number of hydrogen-bond acceptors (Lipinski definition) is 3. The molecule has 0 aromatic carbocycles. The van der Waals surface area contributed by atoms with Crippen molar-refractivity contribution in [3.63, 3.8) is 0 Å². The molecule has 0 fully saturated rings. The highest BCUT2D eigenvalue weighted by Crippen LogP contribution is 2.16. The summed E-state index contributed by atoms with van der Waals surface area (Å²) in [7, 11) is 0. The molecule has 118 valence electrons. The summed E-state index contributed by atoms with van der Waals surface area (Å²) in [6.07, 6.45) is 11.2. The summed E-state index contributed by atoms with van der Waals surface area (Å²) < 4.78 is 5.14. The molecule has 0 aliphatic heterocycles. The topological polar surface area (TPSA) is 38.3 Å². The number of unbranched alkanes of at least 4 members (excludes halogenated alkanes) is 6. The van der Waals surface area contributed by atoms with Crippen LogP contribution in [0.4, 0.5) is 0 Å². The van der Waals surface area contributed by atoms with Gasteiger partial charge in [0, 0.05) is 11.6 Å². The van der Waals surface area contributed by atoms with E-state index in [-0.39, 0.29) is 17.7 Å². The SMILES string of the molecule is C=CC(=O)OC(C)NC(C)(C)CCCCCCCCC. The number of nitrogens with one attached hydrogen (secondary N) is 1. The highest BCUT2D eigenvalue weighted by molar-refractivity contribution is 5.81. The number of hydrogen-bond donors (Lipinski definition) is 1. The van der Waals surface area contributed by atoms with Crippen LogP contribution in [0.2, 0.25) is 0 Å². The molecule has 1 atom stereocenters. The molecule has 0 saturated heterocycles. The summed E-state index contributed by atoms with van der Waals surface area (Å²) in [4.78, 5) is 11.1. The Labute approximate surface area is 125 Å². The molecule has 0 heterocycles. The second kappa shape index (κ2) is 10.9. The minimum atomic E-state index is -0.378. The van der Waals surface area contributed by atoms with E-state index in [0.29, 0.717) is 0 Å². The third kappa shape index (κ3) is 11.0. The monoisotopic (exact) mass is 283 g/mol. The molecule has 0 aliphatic rings. The molecule has 0 rings (SSSR count). The van der Waals surface area contributed by atoms with Gasteiger partial charge < -0.3 is 4.74 Å². The van der Waals surface area contributed by atoms with Gasteiger partial charge in [0.15, 0.2) is 6.23 Å². The smallest absolute Gasteiger partial charge is 0.331 e. The minimum absolute atomic E-state index is 0.00964. The van der Waals surface area contributed by atoms with Crippen LogP contribution < -0.4 is 5.32 Å². The van der Waals surface area contributed by atoms with E-state index in [9.17, 15) is 4.79 Å². The molecule has 0 amide bonds. The Kier molecular flexibility index (Phi) is 10.4. The van der Waals surface area contributed by atoms with E-state index in [4.69, 9.17) is 4.74 Å². The summed E-state index contributed by atoms with van der Waals surface area (Å²) in [5.41, 5.74) is -0.00964. The second-order valence-electron chi connectivity index (χ2n) is 6.18. The van der Waals surface area contributed by atoms with Gasteiger partial charge in [0.25, 0.3) is 0 Å². The summed E-state index contributed by atoms with van der Waals surface area (Å²) in [6, 6.07) is 0. The van der Waals surface area contributed by atoms with Gasteiger partial charge in [-0.25, -0.2) is 4.79 Å². The largest absolute Gasteiger partial charge is 0.444 e. The third-order valence-electron chi connectivity index (χ3n) is 3.46. The number of carbonyl (C=O) groups excluding carboxylic acids is 1. The lowest BCUT2D eigenvalue weighted by Gasteiger charge is -2.30. The molecule has 1 N–H and O–H groups in total. The normalized spacial score (nSPS) is 13.0. The zero-order chi connectivity index (χ0) is 15.4. The number of carbonyl (C=O) groups is 1. The van der Waals surface area contributed by atoms with Crippen molar-refractivity contribution in [2.45, 2.75) is 90.8 Å². The van der Waals surface area contributed by atoms with Gasteiger partial charge in [-0.1, -0.05) is 58.4 Å². The zero-order valence-electron chi connectivity index (χ0n) is 13.8. The van der Waals surface area contributed by atoms with E-state index >= 15 is 0 Å². The maximum atomic E-state index is 11.1. The van der Waals surface area contributed by atoms with E-state index in [1.54, 1.807) is 0 Å². The molecular weight excluding hydrogens is 250 g/mol. The van der Waals surface area contributed by atoms with Crippen molar-refractivity contribution in [2.75, 3.05) is 0 Å². The average molecular weight is 283 g/mol. The van der Waals surface area contributed by atoms with Crippen LogP contribution >= 0.6 is 0 Å². The van der Waals surface area contributed by atoms with E-state index in [1.807, 2.05) is 6.92 Å². The van der Waals surface area contributed by atoms with Crippen LogP contribution in [-0.4, -0.2) is 17.7 Å². The Morgan fingerprint density at radius 1 is 1.20 bits per heavy atom. The number of ether oxygens (including phenoxy) is 1. The van der Waals surface area contributed by atoms with Crippen LogP contribution in [0.1, 0.15) is 79.1 Å². The Morgan fingerprint density at radius 3 is 2.30 bits per heavy atom. The molecule has 1 unspecified atom stereocenters. The van der Waals surface area contributed by atoms with Crippen LogP contribution in [0, 0.1) is 0 Å². The summed E-state index contributed by atoms with van der Waals surface area (Å²) >= 11 is 0.